The zero-order valence-corrected chi connectivity index (χ0v) is 14.2. The van der Waals surface area contributed by atoms with Crippen molar-refractivity contribution in [1.29, 1.82) is 0 Å². The Bertz CT molecular complexity index is 572. The molecular weight excluding hydrogens is 405 g/mol. The molecule has 0 saturated carbocycles. The first kappa shape index (κ1) is 16.3. The van der Waals surface area contributed by atoms with Gasteiger partial charge in [-0.25, -0.2) is 4.39 Å². The van der Waals surface area contributed by atoms with Gasteiger partial charge in [0.1, 0.15) is 24.3 Å². The third kappa shape index (κ3) is 4.98. The summed E-state index contributed by atoms with van der Waals surface area (Å²) in [4.78, 5) is 0. The van der Waals surface area contributed by atoms with Gasteiger partial charge in [0.2, 0.25) is 0 Å². The zero-order valence-electron chi connectivity index (χ0n) is 11.0. The summed E-state index contributed by atoms with van der Waals surface area (Å²) in [5.74, 6) is 0.301. The Balaban J connectivity index is 1.82. The van der Waals surface area contributed by atoms with E-state index in [4.69, 9.17) is 4.74 Å². The molecule has 0 fully saturated rings. The molecule has 3 nitrogen and oxygen atoms in total. The van der Waals surface area contributed by atoms with Crippen molar-refractivity contribution in [2.45, 2.75) is 6.10 Å². The van der Waals surface area contributed by atoms with Gasteiger partial charge in [0.05, 0.1) is 5.69 Å². The molecule has 6 heteroatoms. The van der Waals surface area contributed by atoms with Gasteiger partial charge in [0, 0.05) is 15.5 Å². The molecule has 0 radical (unpaired) electrons. The molecule has 0 aliphatic rings. The number of anilines is 1. The maximum atomic E-state index is 13.6. The van der Waals surface area contributed by atoms with E-state index in [0.29, 0.717) is 15.9 Å². The second-order valence-electron chi connectivity index (χ2n) is 4.40. The van der Waals surface area contributed by atoms with Gasteiger partial charge in [-0.15, -0.1) is 0 Å². The lowest BCUT2D eigenvalue weighted by molar-refractivity contribution is 0.117. The summed E-state index contributed by atoms with van der Waals surface area (Å²) in [6, 6.07) is 12.0. The molecule has 0 amide bonds. The van der Waals surface area contributed by atoms with Crippen molar-refractivity contribution in [3.8, 4) is 5.75 Å². The van der Waals surface area contributed by atoms with Gasteiger partial charge in [-0.3, -0.25) is 0 Å². The number of halogens is 3. The molecule has 2 aromatic rings. The third-order valence-electron chi connectivity index (χ3n) is 2.73. The third-order valence-corrected chi connectivity index (χ3v) is 3.92. The number of aliphatic hydroxyl groups excluding tert-OH is 1. The van der Waals surface area contributed by atoms with Crippen LogP contribution in [0.25, 0.3) is 0 Å². The van der Waals surface area contributed by atoms with Gasteiger partial charge >= 0.3 is 0 Å². The zero-order chi connectivity index (χ0) is 15.2. The van der Waals surface area contributed by atoms with E-state index in [1.165, 1.54) is 6.07 Å². The first-order valence-corrected chi connectivity index (χ1v) is 7.89. The van der Waals surface area contributed by atoms with Crippen LogP contribution in [0.5, 0.6) is 5.75 Å². The lowest BCUT2D eigenvalue weighted by Gasteiger charge is -2.15. The minimum absolute atomic E-state index is 0.126. The molecule has 2 N–H and O–H groups in total. The Morgan fingerprint density at radius 2 is 1.86 bits per heavy atom. The fourth-order valence-electron chi connectivity index (χ4n) is 1.67. The van der Waals surface area contributed by atoms with Crippen molar-refractivity contribution in [3.63, 3.8) is 0 Å². The van der Waals surface area contributed by atoms with Crippen LogP contribution in [0.3, 0.4) is 0 Å². The molecule has 0 aliphatic carbocycles. The SMILES string of the molecule is OC(CNc1c(F)cccc1Br)COc1ccc(Br)cc1. The maximum Gasteiger partial charge on any atom is 0.147 e. The number of hydrogen-bond donors (Lipinski definition) is 2. The van der Waals surface area contributed by atoms with Crippen molar-refractivity contribution in [2.24, 2.45) is 0 Å². The second-order valence-corrected chi connectivity index (χ2v) is 6.17. The van der Waals surface area contributed by atoms with Crippen LogP contribution in [0, 0.1) is 5.82 Å². The predicted molar refractivity (Wildman–Crippen MR) is 88.2 cm³/mol. The Hall–Kier alpha value is -1.11. The largest absolute Gasteiger partial charge is 0.491 e. The summed E-state index contributed by atoms with van der Waals surface area (Å²) in [7, 11) is 0. The lowest BCUT2D eigenvalue weighted by Crippen LogP contribution is -2.26. The summed E-state index contributed by atoms with van der Waals surface area (Å²) >= 11 is 6.59. The summed E-state index contributed by atoms with van der Waals surface area (Å²) in [6.45, 7) is 0.316. The summed E-state index contributed by atoms with van der Waals surface area (Å²) < 4.78 is 20.6. The molecule has 1 atom stereocenters. The molecule has 0 saturated heterocycles. The van der Waals surface area contributed by atoms with Gasteiger partial charge in [-0.1, -0.05) is 22.0 Å². The lowest BCUT2D eigenvalue weighted by atomic mass is 10.3. The Morgan fingerprint density at radius 3 is 2.52 bits per heavy atom. The van der Waals surface area contributed by atoms with E-state index in [9.17, 15) is 9.50 Å². The number of rotatable bonds is 6. The van der Waals surface area contributed by atoms with Crippen molar-refractivity contribution in [1.82, 2.24) is 0 Å². The highest BCUT2D eigenvalue weighted by molar-refractivity contribution is 9.10. The first-order valence-electron chi connectivity index (χ1n) is 6.30. The number of hydrogen-bond acceptors (Lipinski definition) is 3. The van der Waals surface area contributed by atoms with Crippen LogP contribution >= 0.6 is 31.9 Å². The minimum atomic E-state index is -0.750. The van der Waals surface area contributed by atoms with E-state index >= 15 is 0 Å². The highest BCUT2D eigenvalue weighted by Gasteiger charge is 2.10. The van der Waals surface area contributed by atoms with Gasteiger partial charge in [0.25, 0.3) is 0 Å². The van der Waals surface area contributed by atoms with E-state index in [-0.39, 0.29) is 19.0 Å². The number of nitrogens with one attached hydrogen (secondary N) is 1. The standard InChI is InChI=1S/C15H14Br2FNO2/c16-10-4-6-12(7-5-10)21-9-11(20)8-19-15-13(17)2-1-3-14(15)18/h1-7,11,19-20H,8-9H2. The molecule has 1 unspecified atom stereocenters. The number of benzene rings is 2. The van der Waals surface area contributed by atoms with Gasteiger partial charge in [-0.05, 0) is 52.3 Å². The van der Waals surface area contributed by atoms with E-state index in [1.54, 1.807) is 24.3 Å². The van der Waals surface area contributed by atoms with E-state index in [0.717, 1.165) is 4.47 Å². The minimum Gasteiger partial charge on any atom is -0.491 e. The maximum absolute atomic E-state index is 13.6. The average Bonchev–Trinajstić information content (AvgIpc) is 2.46. The topological polar surface area (TPSA) is 41.5 Å². The predicted octanol–water partition coefficient (Wildman–Crippen LogP) is 4.20. The molecular formula is C15H14Br2FNO2. The van der Waals surface area contributed by atoms with Crippen LogP contribution in [0.1, 0.15) is 0 Å². The fourth-order valence-corrected chi connectivity index (χ4v) is 2.42. The van der Waals surface area contributed by atoms with E-state index < -0.39 is 6.10 Å². The van der Waals surface area contributed by atoms with Crippen molar-refractivity contribution in [3.05, 3.63) is 57.2 Å². The summed E-state index contributed by atoms with van der Waals surface area (Å²) in [5, 5.41) is 12.7. The monoisotopic (exact) mass is 417 g/mol. The van der Waals surface area contributed by atoms with Crippen molar-refractivity contribution >= 4 is 37.5 Å². The molecule has 2 aromatic carbocycles. The Morgan fingerprint density at radius 1 is 1.14 bits per heavy atom. The fraction of sp³-hybridized carbons (Fsp3) is 0.200. The smallest absolute Gasteiger partial charge is 0.147 e. The molecule has 0 heterocycles. The summed E-state index contributed by atoms with van der Waals surface area (Å²) in [5.41, 5.74) is 0.334. The summed E-state index contributed by atoms with van der Waals surface area (Å²) in [6.07, 6.45) is -0.750. The van der Waals surface area contributed by atoms with Crippen molar-refractivity contribution < 1.29 is 14.2 Å². The molecule has 21 heavy (non-hydrogen) atoms. The number of para-hydroxylation sites is 1. The first-order chi connectivity index (χ1) is 10.1. The van der Waals surface area contributed by atoms with Crippen LogP contribution in [-0.2, 0) is 0 Å². The van der Waals surface area contributed by atoms with Gasteiger partial charge < -0.3 is 15.2 Å². The molecule has 0 bridgehead atoms. The van der Waals surface area contributed by atoms with Crippen LogP contribution in [0.15, 0.2) is 51.4 Å². The molecule has 0 aliphatic heterocycles. The van der Waals surface area contributed by atoms with Crippen molar-refractivity contribution in [2.75, 3.05) is 18.5 Å². The van der Waals surface area contributed by atoms with E-state index in [2.05, 4.69) is 37.2 Å². The van der Waals surface area contributed by atoms with Crippen LogP contribution in [0.2, 0.25) is 0 Å². The molecule has 2 rings (SSSR count). The Labute approximate surface area is 139 Å². The highest BCUT2D eigenvalue weighted by Crippen LogP contribution is 2.25. The highest BCUT2D eigenvalue weighted by atomic mass is 79.9. The quantitative estimate of drug-likeness (QED) is 0.738. The Kier molecular flexibility index (Phi) is 6.02. The average molecular weight is 419 g/mol. The number of ether oxygens (including phenoxy) is 1. The van der Waals surface area contributed by atoms with Crippen LogP contribution < -0.4 is 10.1 Å². The van der Waals surface area contributed by atoms with Gasteiger partial charge in [0.15, 0.2) is 0 Å². The number of aliphatic hydroxyl groups is 1. The van der Waals surface area contributed by atoms with Crippen LogP contribution in [0.4, 0.5) is 10.1 Å². The van der Waals surface area contributed by atoms with Gasteiger partial charge in [-0.2, -0.15) is 0 Å². The van der Waals surface area contributed by atoms with Crippen LogP contribution in [-0.4, -0.2) is 24.4 Å². The molecule has 0 aromatic heterocycles. The normalized spacial score (nSPS) is 12.0. The molecule has 0 spiro atoms. The molecule has 112 valence electrons. The second kappa shape index (κ2) is 7.77. The van der Waals surface area contributed by atoms with E-state index in [1.807, 2.05) is 12.1 Å².